The molecule has 0 radical (unpaired) electrons. The first-order chi connectivity index (χ1) is 14.7. The van der Waals surface area contributed by atoms with Crippen LogP contribution in [-0.2, 0) is 4.74 Å². The van der Waals surface area contributed by atoms with Crippen LogP contribution in [-0.4, -0.2) is 67.1 Å². The third kappa shape index (κ3) is 4.69. The summed E-state index contributed by atoms with van der Waals surface area (Å²) in [6, 6.07) is 19.2. The molecule has 0 saturated carbocycles. The predicted molar refractivity (Wildman–Crippen MR) is 115 cm³/mol. The minimum absolute atomic E-state index is 0.145. The summed E-state index contributed by atoms with van der Waals surface area (Å²) < 4.78 is 12.4. The quantitative estimate of drug-likeness (QED) is 0.653. The molecule has 0 bridgehead atoms. The van der Waals surface area contributed by atoms with E-state index >= 15 is 0 Å². The molecule has 1 aliphatic rings. The number of nitrogens with zero attached hydrogens (tertiary/aromatic N) is 3. The zero-order chi connectivity index (χ0) is 20.8. The Morgan fingerprint density at radius 2 is 1.90 bits per heavy atom. The number of benzene rings is 2. The van der Waals surface area contributed by atoms with Crippen molar-refractivity contribution in [1.82, 2.24) is 20.0 Å². The standard InChI is InChI=1S/C23H26N4O3/c1-29-20-9-5-6-18(16-20)21-17-22(27(25-21)19-7-3-2-4-8-19)23(28)24-10-11-26-12-14-30-15-13-26/h2-9,16-17H,10-15H2,1H3,(H,24,28). The molecule has 4 rings (SSSR count). The largest absolute Gasteiger partial charge is 0.497 e. The molecule has 0 aliphatic carbocycles. The highest BCUT2D eigenvalue weighted by Gasteiger charge is 2.18. The Balaban J connectivity index is 1.57. The maximum Gasteiger partial charge on any atom is 0.270 e. The van der Waals surface area contributed by atoms with Crippen LogP contribution in [0.3, 0.4) is 0 Å². The van der Waals surface area contributed by atoms with Crippen LogP contribution in [0.25, 0.3) is 16.9 Å². The van der Waals surface area contributed by atoms with Crippen molar-refractivity contribution in [2.45, 2.75) is 0 Å². The zero-order valence-electron chi connectivity index (χ0n) is 17.1. The van der Waals surface area contributed by atoms with Crippen LogP contribution < -0.4 is 10.1 Å². The van der Waals surface area contributed by atoms with Crippen LogP contribution in [0.4, 0.5) is 0 Å². The number of morpholine rings is 1. The molecule has 30 heavy (non-hydrogen) atoms. The Labute approximate surface area is 176 Å². The summed E-state index contributed by atoms with van der Waals surface area (Å²) in [6.07, 6.45) is 0. The lowest BCUT2D eigenvalue weighted by atomic mass is 10.1. The van der Waals surface area contributed by atoms with Gasteiger partial charge in [-0.05, 0) is 30.3 Å². The third-order valence-electron chi connectivity index (χ3n) is 5.13. The van der Waals surface area contributed by atoms with Crippen LogP contribution in [0, 0.1) is 0 Å². The number of ether oxygens (including phenoxy) is 2. The zero-order valence-corrected chi connectivity index (χ0v) is 17.1. The minimum atomic E-state index is -0.145. The highest BCUT2D eigenvalue weighted by molar-refractivity contribution is 5.94. The van der Waals surface area contributed by atoms with Crippen LogP contribution >= 0.6 is 0 Å². The highest BCUT2D eigenvalue weighted by atomic mass is 16.5. The minimum Gasteiger partial charge on any atom is -0.497 e. The highest BCUT2D eigenvalue weighted by Crippen LogP contribution is 2.25. The van der Waals surface area contributed by atoms with Crippen molar-refractivity contribution in [3.8, 4) is 22.7 Å². The van der Waals surface area contributed by atoms with Crippen molar-refractivity contribution < 1.29 is 14.3 Å². The lowest BCUT2D eigenvalue weighted by molar-refractivity contribution is 0.0383. The van der Waals surface area contributed by atoms with Crippen molar-refractivity contribution >= 4 is 5.91 Å². The van der Waals surface area contributed by atoms with E-state index in [0.29, 0.717) is 12.2 Å². The fraction of sp³-hybridized carbons (Fsp3) is 0.304. The predicted octanol–water partition coefficient (Wildman–Crippen LogP) is 2.61. The summed E-state index contributed by atoms with van der Waals surface area (Å²) in [7, 11) is 1.63. The first kappa shape index (κ1) is 20.1. The number of methoxy groups -OCH3 is 1. The summed E-state index contributed by atoms with van der Waals surface area (Å²) in [5.74, 6) is 0.604. The molecule has 7 nitrogen and oxygen atoms in total. The number of amides is 1. The lowest BCUT2D eigenvalue weighted by Crippen LogP contribution is -2.41. The molecule has 0 atom stereocenters. The van der Waals surface area contributed by atoms with Crippen LogP contribution in [0.5, 0.6) is 5.75 Å². The molecular formula is C23H26N4O3. The maximum absolute atomic E-state index is 13.0. The normalized spacial score (nSPS) is 14.4. The van der Waals surface area contributed by atoms with Crippen LogP contribution in [0.15, 0.2) is 60.7 Å². The molecule has 156 valence electrons. The van der Waals surface area contributed by atoms with E-state index in [4.69, 9.17) is 14.6 Å². The van der Waals surface area contributed by atoms with Gasteiger partial charge >= 0.3 is 0 Å². The van der Waals surface area contributed by atoms with Gasteiger partial charge in [0.15, 0.2) is 0 Å². The lowest BCUT2D eigenvalue weighted by Gasteiger charge is -2.26. The number of rotatable bonds is 7. The molecule has 1 N–H and O–H groups in total. The van der Waals surface area contributed by atoms with Gasteiger partial charge in [-0.15, -0.1) is 0 Å². The second-order valence-corrected chi connectivity index (χ2v) is 7.10. The van der Waals surface area contributed by atoms with Crippen LogP contribution in [0.1, 0.15) is 10.5 Å². The second-order valence-electron chi connectivity index (χ2n) is 7.10. The smallest absolute Gasteiger partial charge is 0.270 e. The summed E-state index contributed by atoms with van der Waals surface area (Å²) in [5, 5.41) is 7.76. The molecule has 7 heteroatoms. The Hall–Kier alpha value is -3.16. The molecule has 0 spiro atoms. The molecule has 1 fully saturated rings. The fourth-order valence-corrected chi connectivity index (χ4v) is 3.48. The molecule has 1 aliphatic heterocycles. The fourth-order valence-electron chi connectivity index (χ4n) is 3.48. The van der Waals surface area contributed by atoms with Crippen molar-refractivity contribution in [1.29, 1.82) is 0 Å². The average molecular weight is 406 g/mol. The van der Waals surface area contributed by atoms with Gasteiger partial charge in [0, 0.05) is 31.7 Å². The Kier molecular flexibility index (Phi) is 6.41. The molecule has 2 aromatic carbocycles. The van der Waals surface area contributed by atoms with E-state index in [9.17, 15) is 4.79 Å². The van der Waals surface area contributed by atoms with E-state index in [1.165, 1.54) is 0 Å². The summed E-state index contributed by atoms with van der Waals surface area (Å²) >= 11 is 0. The van der Waals surface area contributed by atoms with E-state index < -0.39 is 0 Å². The molecule has 3 aromatic rings. The number of hydrogen-bond acceptors (Lipinski definition) is 5. The number of hydrogen-bond donors (Lipinski definition) is 1. The molecule has 1 aromatic heterocycles. The number of aromatic nitrogens is 2. The molecule has 2 heterocycles. The summed E-state index contributed by atoms with van der Waals surface area (Å²) in [6.45, 7) is 4.68. The molecular weight excluding hydrogens is 380 g/mol. The van der Waals surface area contributed by atoms with Gasteiger partial charge in [0.2, 0.25) is 0 Å². The SMILES string of the molecule is COc1cccc(-c2cc(C(=O)NCCN3CCOCC3)n(-c3ccccc3)n2)c1. The topological polar surface area (TPSA) is 68.6 Å². The van der Waals surface area contributed by atoms with Crippen molar-refractivity contribution in [2.75, 3.05) is 46.5 Å². The maximum atomic E-state index is 13.0. The Morgan fingerprint density at radius 1 is 1.10 bits per heavy atom. The second kappa shape index (κ2) is 9.56. The van der Waals surface area contributed by atoms with E-state index in [-0.39, 0.29) is 5.91 Å². The van der Waals surface area contributed by atoms with Gasteiger partial charge in [-0.1, -0.05) is 30.3 Å². The average Bonchev–Trinajstić information content (AvgIpc) is 3.26. The van der Waals surface area contributed by atoms with Crippen LogP contribution in [0.2, 0.25) is 0 Å². The van der Waals surface area contributed by atoms with E-state index in [1.54, 1.807) is 11.8 Å². The Bertz CT molecular complexity index is 981. The van der Waals surface area contributed by atoms with Gasteiger partial charge in [-0.3, -0.25) is 9.69 Å². The van der Waals surface area contributed by atoms with Gasteiger partial charge in [-0.25, -0.2) is 4.68 Å². The first-order valence-electron chi connectivity index (χ1n) is 10.1. The molecule has 1 saturated heterocycles. The number of para-hydroxylation sites is 1. The molecule has 0 unspecified atom stereocenters. The van der Waals surface area contributed by atoms with Crippen molar-refractivity contribution in [3.05, 3.63) is 66.4 Å². The van der Waals surface area contributed by atoms with E-state index in [0.717, 1.165) is 55.5 Å². The number of carbonyl (C=O) groups is 1. The van der Waals surface area contributed by atoms with E-state index in [1.807, 2.05) is 60.7 Å². The van der Waals surface area contributed by atoms with E-state index in [2.05, 4.69) is 10.2 Å². The van der Waals surface area contributed by atoms with Gasteiger partial charge < -0.3 is 14.8 Å². The summed E-state index contributed by atoms with van der Waals surface area (Å²) in [4.78, 5) is 15.3. The number of carbonyl (C=O) groups excluding carboxylic acids is 1. The molecule has 1 amide bonds. The van der Waals surface area contributed by atoms with Gasteiger partial charge in [0.25, 0.3) is 5.91 Å². The summed E-state index contributed by atoms with van der Waals surface area (Å²) in [5.41, 5.74) is 2.95. The Morgan fingerprint density at radius 3 is 2.67 bits per heavy atom. The van der Waals surface area contributed by atoms with Crippen molar-refractivity contribution in [3.63, 3.8) is 0 Å². The first-order valence-corrected chi connectivity index (χ1v) is 10.1. The monoisotopic (exact) mass is 406 g/mol. The van der Waals surface area contributed by atoms with Gasteiger partial charge in [-0.2, -0.15) is 5.10 Å². The van der Waals surface area contributed by atoms with Gasteiger partial charge in [0.05, 0.1) is 31.7 Å². The van der Waals surface area contributed by atoms with Gasteiger partial charge in [0.1, 0.15) is 11.4 Å². The number of nitrogens with one attached hydrogen (secondary N) is 1. The third-order valence-corrected chi connectivity index (χ3v) is 5.13. The van der Waals surface area contributed by atoms with Crippen molar-refractivity contribution in [2.24, 2.45) is 0 Å².